The van der Waals surface area contributed by atoms with Gasteiger partial charge in [0.25, 0.3) is 0 Å². The molecule has 0 radical (unpaired) electrons. The summed E-state index contributed by atoms with van der Waals surface area (Å²) >= 11 is 13.3. The molecule has 3 aromatic rings. The SMILES string of the molecule is COc1cc(/C=C/C(=O)c2sc(Nc3ccc(Cl)c(Cl)c3)nc2C)cc(OC)c1OC.Cl. The second kappa shape index (κ2) is 11.4. The number of nitrogens with one attached hydrogen (secondary N) is 1. The Kier molecular flexibility index (Phi) is 9.21. The number of ketones is 1. The normalized spacial score (nSPS) is 10.6. The summed E-state index contributed by atoms with van der Waals surface area (Å²) in [6, 6.07) is 8.71. The van der Waals surface area contributed by atoms with Crippen LogP contribution in [0.5, 0.6) is 17.2 Å². The van der Waals surface area contributed by atoms with Gasteiger partial charge in [-0.15, -0.1) is 12.4 Å². The van der Waals surface area contributed by atoms with E-state index in [1.807, 2.05) is 0 Å². The standard InChI is InChI=1S/C22H20Cl2N2O4S.ClH/c1-12-21(31-22(25-12)26-14-6-7-15(23)16(24)11-14)17(27)8-5-13-9-18(28-2)20(30-4)19(10-13)29-3;/h5-11H,1-4H3,(H,25,26);1H/b8-5+;. The maximum absolute atomic E-state index is 12.8. The summed E-state index contributed by atoms with van der Waals surface area (Å²) in [6.07, 6.45) is 3.18. The van der Waals surface area contributed by atoms with Crippen LogP contribution in [-0.4, -0.2) is 32.1 Å². The van der Waals surface area contributed by atoms with Crippen LogP contribution in [-0.2, 0) is 0 Å². The maximum Gasteiger partial charge on any atom is 0.203 e. The number of methoxy groups -OCH3 is 3. The molecular weight excluding hydrogens is 495 g/mol. The van der Waals surface area contributed by atoms with Gasteiger partial charge in [0.1, 0.15) is 0 Å². The van der Waals surface area contributed by atoms with Crippen LogP contribution in [0.2, 0.25) is 10.0 Å². The smallest absolute Gasteiger partial charge is 0.203 e. The lowest BCUT2D eigenvalue weighted by atomic mass is 10.1. The van der Waals surface area contributed by atoms with Gasteiger partial charge in [-0.25, -0.2) is 4.98 Å². The van der Waals surface area contributed by atoms with Crippen molar-refractivity contribution in [2.24, 2.45) is 0 Å². The second-order valence-corrected chi connectivity index (χ2v) is 8.16. The van der Waals surface area contributed by atoms with Crippen molar-refractivity contribution in [1.29, 1.82) is 0 Å². The van der Waals surface area contributed by atoms with E-state index in [0.717, 1.165) is 11.3 Å². The van der Waals surface area contributed by atoms with Crippen molar-refractivity contribution in [3.63, 3.8) is 0 Å². The van der Waals surface area contributed by atoms with Gasteiger partial charge in [-0.05, 0) is 48.9 Å². The van der Waals surface area contributed by atoms with E-state index in [9.17, 15) is 4.79 Å². The minimum Gasteiger partial charge on any atom is -0.493 e. The summed E-state index contributed by atoms with van der Waals surface area (Å²) in [6.45, 7) is 1.79. The minimum atomic E-state index is -0.161. The molecule has 170 valence electrons. The number of benzene rings is 2. The predicted molar refractivity (Wildman–Crippen MR) is 133 cm³/mol. The topological polar surface area (TPSA) is 69.7 Å². The zero-order valence-corrected chi connectivity index (χ0v) is 20.8. The first-order valence-corrected chi connectivity index (χ1v) is 10.7. The van der Waals surface area contributed by atoms with Crippen molar-refractivity contribution in [2.45, 2.75) is 6.92 Å². The summed E-state index contributed by atoms with van der Waals surface area (Å²) in [5.41, 5.74) is 2.10. The van der Waals surface area contributed by atoms with E-state index in [4.69, 9.17) is 37.4 Å². The Bertz CT molecular complexity index is 1120. The molecule has 2 aromatic carbocycles. The summed E-state index contributed by atoms with van der Waals surface area (Å²) < 4.78 is 16.0. The number of thiazole rings is 1. The number of aryl methyl sites for hydroxylation is 1. The van der Waals surface area contributed by atoms with Crippen molar-refractivity contribution in [2.75, 3.05) is 26.6 Å². The van der Waals surface area contributed by atoms with Crippen molar-refractivity contribution in [3.05, 3.63) is 62.6 Å². The fraction of sp³-hybridized carbons (Fsp3) is 0.182. The molecule has 6 nitrogen and oxygen atoms in total. The van der Waals surface area contributed by atoms with Gasteiger partial charge in [-0.3, -0.25) is 4.79 Å². The van der Waals surface area contributed by atoms with Crippen molar-refractivity contribution in [1.82, 2.24) is 4.98 Å². The molecule has 1 aromatic heterocycles. The van der Waals surface area contributed by atoms with Gasteiger partial charge < -0.3 is 19.5 Å². The number of anilines is 2. The van der Waals surface area contributed by atoms with E-state index < -0.39 is 0 Å². The molecule has 1 N–H and O–H groups in total. The molecule has 0 amide bonds. The first-order valence-electron chi connectivity index (χ1n) is 9.08. The fourth-order valence-electron chi connectivity index (χ4n) is 2.82. The average Bonchev–Trinajstić information content (AvgIpc) is 3.13. The molecular formula is C22H21Cl3N2O4S. The Morgan fingerprint density at radius 3 is 2.25 bits per heavy atom. The molecule has 10 heteroatoms. The van der Waals surface area contributed by atoms with E-state index in [2.05, 4.69) is 10.3 Å². The molecule has 0 atom stereocenters. The lowest BCUT2D eigenvalue weighted by Crippen LogP contribution is -1.96. The number of hydrogen-bond acceptors (Lipinski definition) is 7. The number of allylic oxidation sites excluding steroid dienone is 1. The highest BCUT2D eigenvalue weighted by Gasteiger charge is 2.15. The van der Waals surface area contributed by atoms with Gasteiger partial charge in [0.2, 0.25) is 5.75 Å². The molecule has 1 heterocycles. The quantitative estimate of drug-likeness (QED) is 0.261. The van der Waals surface area contributed by atoms with Gasteiger partial charge in [-0.1, -0.05) is 40.6 Å². The number of carbonyl (C=O) groups is 1. The first kappa shape index (κ1) is 25.8. The van der Waals surface area contributed by atoms with E-state index in [1.54, 1.807) is 57.6 Å². The number of rotatable bonds is 8. The molecule has 0 fully saturated rings. The Labute approximate surface area is 206 Å². The second-order valence-electron chi connectivity index (χ2n) is 6.34. The molecule has 0 spiro atoms. The molecule has 0 saturated heterocycles. The molecule has 0 aliphatic carbocycles. The third kappa shape index (κ3) is 5.86. The number of hydrogen-bond donors (Lipinski definition) is 1. The maximum atomic E-state index is 12.8. The molecule has 0 aliphatic heterocycles. The molecule has 0 bridgehead atoms. The van der Waals surface area contributed by atoms with E-state index in [1.165, 1.54) is 24.5 Å². The van der Waals surface area contributed by atoms with Gasteiger partial charge in [0.15, 0.2) is 22.4 Å². The molecule has 3 rings (SSSR count). The summed E-state index contributed by atoms with van der Waals surface area (Å²) in [7, 11) is 4.62. The zero-order chi connectivity index (χ0) is 22.5. The fourth-order valence-corrected chi connectivity index (χ4v) is 4.03. The predicted octanol–water partition coefficient (Wildman–Crippen LogP) is 6.85. The largest absolute Gasteiger partial charge is 0.493 e. The summed E-state index contributed by atoms with van der Waals surface area (Å²) in [5.74, 6) is 1.35. The van der Waals surface area contributed by atoms with E-state index >= 15 is 0 Å². The van der Waals surface area contributed by atoms with Crippen LogP contribution in [0.15, 0.2) is 36.4 Å². The Morgan fingerprint density at radius 2 is 1.69 bits per heavy atom. The number of aromatic nitrogens is 1. The number of ether oxygens (including phenoxy) is 3. The molecule has 32 heavy (non-hydrogen) atoms. The van der Waals surface area contributed by atoms with Crippen molar-refractivity contribution >= 4 is 69.6 Å². The summed E-state index contributed by atoms with van der Waals surface area (Å²) in [4.78, 5) is 17.7. The summed E-state index contributed by atoms with van der Waals surface area (Å²) in [5, 5.41) is 4.63. The highest BCUT2D eigenvalue weighted by Crippen LogP contribution is 2.38. The van der Waals surface area contributed by atoms with Gasteiger partial charge in [0, 0.05) is 5.69 Å². The first-order chi connectivity index (χ1) is 14.9. The highest BCUT2D eigenvalue weighted by molar-refractivity contribution is 7.17. The lowest BCUT2D eigenvalue weighted by molar-refractivity contribution is 0.105. The van der Waals surface area contributed by atoms with Crippen molar-refractivity contribution < 1.29 is 19.0 Å². The highest BCUT2D eigenvalue weighted by atomic mass is 35.5. The monoisotopic (exact) mass is 514 g/mol. The van der Waals surface area contributed by atoms with E-state index in [0.29, 0.717) is 43.0 Å². The third-order valence-corrected chi connectivity index (χ3v) is 6.13. The number of nitrogens with zero attached hydrogens (tertiary/aromatic N) is 1. The lowest BCUT2D eigenvalue weighted by Gasteiger charge is -2.12. The average molecular weight is 516 g/mol. The zero-order valence-electron chi connectivity index (χ0n) is 17.7. The van der Waals surface area contributed by atoms with Crippen LogP contribution in [0.25, 0.3) is 6.08 Å². The van der Waals surface area contributed by atoms with Crippen LogP contribution < -0.4 is 19.5 Å². The van der Waals surface area contributed by atoms with Crippen LogP contribution in [0.3, 0.4) is 0 Å². The van der Waals surface area contributed by atoms with E-state index in [-0.39, 0.29) is 18.2 Å². The Morgan fingerprint density at radius 1 is 1.03 bits per heavy atom. The molecule has 0 saturated carbocycles. The molecule has 0 unspecified atom stereocenters. The number of halogens is 3. The van der Waals surface area contributed by atoms with Crippen LogP contribution in [0, 0.1) is 6.92 Å². The van der Waals surface area contributed by atoms with Gasteiger partial charge in [0.05, 0.1) is 41.9 Å². The molecule has 0 aliphatic rings. The third-order valence-electron chi connectivity index (χ3n) is 4.31. The van der Waals surface area contributed by atoms with Gasteiger partial charge >= 0.3 is 0 Å². The van der Waals surface area contributed by atoms with Crippen molar-refractivity contribution in [3.8, 4) is 17.2 Å². The minimum absolute atomic E-state index is 0. The van der Waals surface area contributed by atoms with Crippen LogP contribution in [0.4, 0.5) is 10.8 Å². The Hall–Kier alpha value is -2.45. The van der Waals surface area contributed by atoms with Crippen LogP contribution in [0.1, 0.15) is 20.9 Å². The van der Waals surface area contributed by atoms with Crippen LogP contribution >= 0.6 is 46.9 Å². The van der Waals surface area contributed by atoms with Gasteiger partial charge in [-0.2, -0.15) is 0 Å². The number of carbonyl (C=O) groups excluding carboxylic acids is 1. The Balaban J connectivity index is 0.00000363.